The first kappa shape index (κ1) is 21.5. The SMILES string of the molecule is CCCCCCN=CCO[PH](=O)OCC=NCCCCCC. The van der Waals surface area contributed by atoms with E-state index in [9.17, 15) is 4.57 Å². The van der Waals surface area contributed by atoms with Crippen LogP contribution in [-0.2, 0) is 13.6 Å². The highest BCUT2D eigenvalue weighted by Gasteiger charge is 1.96. The molecule has 0 unspecified atom stereocenters. The molecule has 0 N–H and O–H groups in total. The first-order chi connectivity index (χ1) is 10.8. The highest BCUT2D eigenvalue weighted by molar-refractivity contribution is 7.33. The van der Waals surface area contributed by atoms with Gasteiger partial charge in [0.15, 0.2) is 0 Å². The highest BCUT2D eigenvalue weighted by Crippen LogP contribution is 2.21. The molecular formula is C16H33N2O3P. The molecule has 0 rings (SSSR count). The summed E-state index contributed by atoms with van der Waals surface area (Å²) in [4.78, 5) is 8.41. The van der Waals surface area contributed by atoms with Crippen molar-refractivity contribution < 1.29 is 13.6 Å². The van der Waals surface area contributed by atoms with Crippen LogP contribution in [0.2, 0.25) is 0 Å². The van der Waals surface area contributed by atoms with Gasteiger partial charge in [-0.2, -0.15) is 0 Å². The van der Waals surface area contributed by atoms with Gasteiger partial charge in [-0.05, 0) is 12.8 Å². The molecule has 0 saturated heterocycles. The van der Waals surface area contributed by atoms with E-state index in [1.807, 2.05) is 0 Å². The van der Waals surface area contributed by atoms with E-state index in [-0.39, 0.29) is 13.2 Å². The van der Waals surface area contributed by atoms with Crippen molar-refractivity contribution in [1.29, 1.82) is 0 Å². The van der Waals surface area contributed by atoms with E-state index in [2.05, 4.69) is 23.8 Å². The number of nitrogens with zero attached hydrogens (tertiary/aromatic N) is 2. The predicted molar refractivity (Wildman–Crippen MR) is 95.9 cm³/mol. The molecule has 22 heavy (non-hydrogen) atoms. The molecule has 6 heteroatoms. The van der Waals surface area contributed by atoms with Crippen molar-refractivity contribution in [2.45, 2.75) is 65.2 Å². The van der Waals surface area contributed by atoms with Crippen LogP contribution in [0, 0.1) is 0 Å². The highest BCUT2D eigenvalue weighted by atomic mass is 31.1. The maximum absolute atomic E-state index is 11.4. The lowest BCUT2D eigenvalue weighted by Crippen LogP contribution is -1.94. The molecule has 0 aliphatic carbocycles. The summed E-state index contributed by atoms with van der Waals surface area (Å²) in [6, 6.07) is 0. The molecule has 0 aromatic heterocycles. The standard InChI is InChI=1S/C16H33N2O3P/c1-3-5-7-9-11-17-13-15-20-22(19)21-16-14-18-12-10-8-6-4-2/h13-14,22H,3-12,15-16H2,1-2H3. The monoisotopic (exact) mass is 332 g/mol. The van der Waals surface area contributed by atoms with E-state index < -0.39 is 8.25 Å². The molecular weight excluding hydrogens is 299 g/mol. The van der Waals surface area contributed by atoms with Crippen LogP contribution in [-0.4, -0.2) is 38.7 Å². The first-order valence-corrected chi connectivity index (χ1v) is 9.79. The Labute approximate surface area is 136 Å². The van der Waals surface area contributed by atoms with Crippen molar-refractivity contribution >= 4 is 20.7 Å². The zero-order valence-electron chi connectivity index (χ0n) is 14.3. The minimum atomic E-state index is -2.42. The average molecular weight is 332 g/mol. The summed E-state index contributed by atoms with van der Waals surface area (Å²) in [7, 11) is -2.42. The summed E-state index contributed by atoms with van der Waals surface area (Å²) in [6.07, 6.45) is 12.9. The largest absolute Gasteiger partial charge is 0.319 e. The molecule has 0 atom stereocenters. The van der Waals surface area contributed by atoms with Crippen LogP contribution in [0.5, 0.6) is 0 Å². The van der Waals surface area contributed by atoms with Crippen LogP contribution in [0.25, 0.3) is 0 Å². The zero-order chi connectivity index (χ0) is 16.3. The molecule has 0 fully saturated rings. The lowest BCUT2D eigenvalue weighted by atomic mass is 10.2. The predicted octanol–water partition coefficient (Wildman–Crippen LogP) is 4.71. The van der Waals surface area contributed by atoms with Gasteiger partial charge >= 0.3 is 8.25 Å². The molecule has 0 saturated carbocycles. The number of hydrogen-bond donors (Lipinski definition) is 0. The summed E-state index contributed by atoms with van der Waals surface area (Å²) >= 11 is 0. The lowest BCUT2D eigenvalue weighted by Gasteiger charge is -2.00. The van der Waals surface area contributed by atoms with Crippen LogP contribution < -0.4 is 0 Å². The second-order valence-corrected chi connectivity index (χ2v) is 6.25. The minimum absolute atomic E-state index is 0.250. The summed E-state index contributed by atoms with van der Waals surface area (Å²) in [5, 5.41) is 0. The fourth-order valence-corrected chi connectivity index (χ4v) is 2.30. The van der Waals surface area contributed by atoms with Gasteiger partial charge in [-0.15, -0.1) is 0 Å². The topological polar surface area (TPSA) is 60.2 Å². The van der Waals surface area contributed by atoms with Gasteiger partial charge in [-0.3, -0.25) is 14.5 Å². The Kier molecular flexibility index (Phi) is 18.1. The third kappa shape index (κ3) is 17.5. The van der Waals surface area contributed by atoms with E-state index in [0.717, 1.165) is 25.9 Å². The van der Waals surface area contributed by atoms with Crippen LogP contribution in [0.3, 0.4) is 0 Å². The second kappa shape index (κ2) is 18.5. The summed E-state index contributed by atoms with van der Waals surface area (Å²) in [6.45, 7) is 6.50. The number of unbranched alkanes of at least 4 members (excludes halogenated alkanes) is 6. The zero-order valence-corrected chi connectivity index (χ0v) is 15.3. The van der Waals surface area contributed by atoms with Gasteiger partial charge in [-0.25, -0.2) is 0 Å². The van der Waals surface area contributed by atoms with Crippen LogP contribution >= 0.6 is 8.25 Å². The molecule has 0 bridgehead atoms. The smallest absolute Gasteiger partial charge is 0.305 e. The van der Waals surface area contributed by atoms with Crippen molar-refractivity contribution in [3.05, 3.63) is 0 Å². The van der Waals surface area contributed by atoms with Crippen molar-refractivity contribution in [3.63, 3.8) is 0 Å². The van der Waals surface area contributed by atoms with Crippen LogP contribution in [0.1, 0.15) is 65.2 Å². The van der Waals surface area contributed by atoms with Gasteiger partial charge < -0.3 is 9.05 Å². The Balaban J connectivity index is 3.35. The second-order valence-electron chi connectivity index (χ2n) is 5.17. The summed E-state index contributed by atoms with van der Waals surface area (Å²) in [5.41, 5.74) is 0. The van der Waals surface area contributed by atoms with E-state index >= 15 is 0 Å². The van der Waals surface area contributed by atoms with Gasteiger partial charge in [0.05, 0.1) is 13.2 Å². The first-order valence-electron chi connectivity index (χ1n) is 8.57. The molecule has 0 amide bonds. The van der Waals surface area contributed by atoms with E-state index in [1.165, 1.54) is 38.5 Å². The Bertz CT molecular complexity index is 282. The molecule has 0 spiro atoms. The average Bonchev–Trinajstić information content (AvgIpc) is 2.52. The van der Waals surface area contributed by atoms with Crippen LogP contribution in [0.4, 0.5) is 0 Å². The van der Waals surface area contributed by atoms with Crippen molar-refractivity contribution in [1.82, 2.24) is 0 Å². The minimum Gasteiger partial charge on any atom is -0.305 e. The van der Waals surface area contributed by atoms with Crippen LogP contribution in [0.15, 0.2) is 9.98 Å². The summed E-state index contributed by atoms with van der Waals surface area (Å²) in [5.74, 6) is 0. The van der Waals surface area contributed by atoms with Gasteiger partial charge in [0.25, 0.3) is 0 Å². The van der Waals surface area contributed by atoms with Gasteiger partial charge in [-0.1, -0.05) is 52.4 Å². The lowest BCUT2D eigenvalue weighted by molar-refractivity contribution is 0.274. The van der Waals surface area contributed by atoms with Crippen molar-refractivity contribution in [2.75, 3.05) is 26.3 Å². The van der Waals surface area contributed by atoms with Gasteiger partial charge in [0.2, 0.25) is 0 Å². The number of aliphatic imine (C=N–C) groups is 2. The maximum atomic E-state index is 11.4. The quantitative estimate of drug-likeness (QED) is 0.234. The normalized spacial score (nSPS) is 13.4. The van der Waals surface area contributed by atoms with E-state index in [0.29, 0.717) is 0 Å². The van der Waals surface area contributed by atoms with Gasteiger partial charge in [0, 0.05) is 25.5 Å². The Morgan fingerprint density at radius 1 is 0.773 bits per heavy atom. The number of hydrogen-bond acceptors (Lipinski definition) is 5. The number of rotatable bonds is 16. The van der Waals surface area contributed by atoms with E-state index in [4.69, 9.17) is 9.05 Å². The molecule has 0 radical (unpaired) electrons. The molecule has 0 heterocycles. The molecule has 0 aromatic carbocycles. The summed E-state index contributed by atoms with van der Waals surface area (Å²) < 4.78 is 21.5. The van der Waals surface area contributed by atoms with Gasteiger partial charge in [0.1, 0.15) is 0 Å². The third-order valence-corrected chi connectivity index (χ3v) is 3.90. The maximum Gasteiger partial charge on any atom is 0.319 e. The van der Waals surface area contributed by atoms with E-state index in [1.54, 1.807) is 12.4 Å². The fraction of sp³-hybridized carbons (Fsp3) is 0.875. The Hall–Kier alpha value is -0.510. The Morgan fingerprint density at radius 2 is 1.23 bits per heavy atom. The fourth-order valence-electron chi connectivity index (χ4n) is 1.80. The molecule has 0 aliphatic heterocycles. The molecule has 5 nitrogen and oxygen atoms in total. The van der Waals surface area contributed by atoms with Crippen molar-refractivity contribution in [3.8, 4) is 0 Å². The Morgan fingerprint density at radius 3 is 1.64 bits per heavy atom. The molecule has 0 aromatic rings. The third-order valence-electron chi connectivity index (χ3n) is 3.09. The molecule has 0 aliphatic rings. The van der Waals surface area contributed by atoms with Crippen molar-refractivity contribution in [2.24, 2.45) is 9.98 Å². The molecule has 130 valence electrons.